The Bertz CT molecular complexity index is 756. The number of rotatable bonds is 5. The molecule has 0 spiro atoms. The summed E-state index contributed by atoms with van der Waals surface area (Å²) in [6.45, 7) is 3.48. The number of aryl methyl sites for hydroxylation is 1. The lowest BCUT2D eigenvalue weighted by Crippen LogP contribution is -2.15. The zero-order valence-electron chi connectivity index (χ0n) is 13.3. The number of Topliss-reactive ketones (excluding diaryl/α,β-unsaturated/α-hetero) is 1. The number of nitrogens with one attached hydrogen (secondary N) is 1. The minimum absolute atomic E-state index is 0.0447. The zero-order chi connectivity index (χ0) is 17.0. The van der Waals surface area contributed by atoms with Gasteiger partial charge in [0, 0.05) is 21.3 Å². The first-order valence-electron chi connectivity index (χ1n) is 7.14. The van der Waals surface area contributed by atoms with Crippen LogP contribution in [0.3, 0.4) is 0 Å². The van der Waals surface area contributed by atoms with Gasteiger partial charge in [-0.25, -0.2) is 0 Å². The molecule has 23 heavy (non-hydrogen) atoms. The van der Waals surface area contributed by atoms with E-state index in [1.54, 1.807) is 25.3 Å². The fourth-order valence-corrected chi connectivity index (χ4v) is 2.56. The van der Waals surface area contributed by atoms with Gasteiger partial charge in [0.05, 0.1) is 13.5 Å². The van der Waals surface area contributed by atoms with Gasteiger partial charge in [-0.2, -0.15) is 0 Å². The molecule has 5 heteroatoms. The van der Waals surface area contributed by atoms with E-state index in [4.69, 9.17) is 4.74 Å². The van der Waals surface area contributed by atoms with E-state index in [2.05, 4.69) is 21.2 Å². The highest BCUT2D eigenvalue weighted by molar-refractivity contribution is 9.10. The molecule has 0 aliphatic carbocycles. The molecule has 0 bridgehead atoms. The molecule has 2 rings (SSSR count). The number of hydrogen-bond acceptors (Lipinski definition) is 3. The first kappa shape index (κ1) is 17.2. The van der Waals surface area contributed by atoms with E-state index in [1.165, 1.54) is 6.92 Å². The summed E-state index contributed by atoms with van der Waals surface area (Å²) in [6.07, 6.45) is 0.135. The van der Waals surface area contributed by atoms with Gasteiger partial charge in [-0.1, -0.05) is 22.0 Å². The number of hydrogen-bond donors (Lipinski definition) is 1. The van der Waals surface area contributed by atoms with Crippen molar-refractivity contribution in [2.24, 2.45) is 0 Å². The standard InChI is InChI=1S/C18H18BrNO3/c1-11-4-6-15(10-16(11)19)20-18(22)9-14-8-13(12(2)21)5-7-17(14)23-3/h4-8,10H,9H2,1-3H3,(H,20,22). The van der Waals surface area contributed by atoms with Gasteiger partial charge in [0.2, 0.25) is 5.91 Å². The fraction of sp³-hybridized carbons (Fsp3) is 0.222. The summed E-state index contributed by atoms with van der Waals surface area (Å²) in [5, 5.41) is 2.85. The van der Waals surface area contributed by atoms with Gasteiger partial charge in [-0.3, -0.25) is 9.59 Å². The van der Waals surface area contributed by atoms with Crippen molar-refractivity contribution in [3.63, 3.8) is 0 Å². The van der Waals surface area contributed by atoms with E-state index in [0.29, 0.717) is 22.6 Å². The van der Waals surface area contributed by atoms with Crippen LogP contribution >= 0.6 is 15.9 Å². The van der Waals surface area contributed by atoms with Crippen LogP contribution in [0.15, 0.2) is 40.9 Å². The number of benzene rings is 2. The molecule has 1 amide bonds. The van der Waals surface area contributed by atoms with Crippen LogP contribution in [0, 0.1) is 6.92 Å². The third kappa shape index (κ3) is 4.42. The van der Waals surface area contributed by atoms with Crippen LogP contribution in [0.1, 0.15) is 28.4 Å². The van der Waals surface area contributed by atoms with Gasteiger partial charge in [-0.15, -0.1) is 0 Å². The Morgan fingerprint density at radius 3 is 2.52 bits per heavy atom. The number of carbonyl (C=O) groups excluding carboxylic acids is 2. The van der Waals surface area contributed by atoms with E-state index in [1.807, 2.05) is 25.1 Å². The van der Waals surface area contributed by atoms with Crippen molar-refractivity contribution in [2.45, 2.75) is 20.3 Å². The number of carbonyl (C=O) groups is 2. The molecule has 0 aliphatic heterocycles. The monoisotopic (exact) mass is 375 g/mol. The lowest BCUT2D eigenvalue weighted by Gasteiger charge is -2.11. The SMILES string of the molecule is COc1ccc(C(C)=O)cc1CC(=O)Nc1ccc(C)c(Br)c1. The number of amides is 1. The molecule has 4 nitrogen and oxygen atoms in total. The molecule has 0 heterocycles. The minimum Gasteiger partial charge on any atom is -0.496 e. The average Bonchev–Trinajstić information content (AvgIpc) is 2.50. The Labute approximate surface area is 144 Å². The Morgan fingerprint density at radius 1 is 1.17 bits per heavy atom. The largest absolute Gasteiger partial charge is 0.496 e. The smallest absolute Gasteiger partial charge is 0.228 e. The second kappa shape index (κ2) is 7.42. The van der Waals surface area contributed by atoms with Crippen LogP contribution in [0.5, 0.6) is 5.75 Å². The lowest BCUT2D eigenvalue weighted by molar-refractivity contribution is -0.115. The van der Waals surface area contributed by atoms with E-state index in [9.17, 15) is 9.59 Å². The first-order chi connectivity index (χ1) is 10.9. The predicted octanol–water partition coefficient (Wildman–Crippen LogP) is 4.15. The van der Waals surface area contributed by atoms with Crippen molar-refractivity contribution in [3.8, 4) is 5.75 Å². The maximum atomic E-state index is 12.3. The van der Waals surface area contributed by atoms with Gasteiger partial charge in [0.15, 0.2) is 5.78 Å². The van der Waals surface area contributed by atoms with E-state index in [-0.39, 0.29) is 18.1 Å². The fourth-order valence-electron chi connectivity index (χ4n) is 2.18. The molecule has 0 saturated carbocycles. The third-order valence-electron chi connectivity index (χ3n) is 3.49. The summed E-state index contributed by atoms with van der Waals surface area (Å²) in [6, 6.07) is 10.7. The van der Waals surface area contributed by atoms with Gasteiger partial charge in [-0.05, 0) is 49.7 Å². The molecule has 2 aromatic carbocycles. The topological polar surface area (TPSA) is 55.4 Å². The van der Waals surface area contributed by atoms with E-state index in [0.717, 1.165) is 10.0 Å². The normalized spacial score (nSPS) is 10.3. The van der Waals surface area contributed by atoms with Crippen molar-refractivity contribution in [2.75, 3.05) is 12.4 Å². The van der Waals surface area contributed by atoms with Crippen LogP contribution in [-0.4, -0.2) is 18.8 Å². The Hall–Kier alpha value is -2.14. The second-order valence-electron chi connectivity index (χ2n) is 5.27. The molecular weight excluding hydrogens is 358 g/mol. The van der Waals surface area contributed by atoms with Gasteiger partial charge in [0.1, 0.15) is 5.75 Å². The lowest BCUT2D eigenvalue weighted by atomic mass is 10.0. The van der Waals surface area contributed by atoms with E-state index >= 15 is 0 Å². The van der Waals surface area contributed by atoms with Crippen LogP contribution in [0.25, 0.3) is 0 Å². The third-order valence-corrected chi connectivity index (χ3v) is 4.35. The quantitative estimate of drug-likeness (QED) is 0.798. The summed E-state index contributed by atoms with van der Waals surface area (Å²) >= 11 is 3.44. The highest BCUT2D eigenvalue weighted by Gasteiger charge is 2.12. The van der Waals surface area contributed by atoms with Crippen LogP contribution in [-0.2, 0) is 11.2 Å². The van der Waals surface area contributed by atoms with Crippen LogP contribution in [0.2, 0.25) is 0 Å². The molecule has 0 saturated heterocycles. The number of anilines is 1. The minimum atomic E-state index is -0.167. The zero-order valence-corrected chi connectivity index (χ0v) is 14.9. The summed E-state index contributed by atoms with van der Waals surface area (Å²) in [5.74, 6) is 0.381. The molecule has 0 radical (unpaired) electrons. The van der Waals surface area contributed by atoms with Crippen molar-refractivity contribution >= 4 is 33.3 Å². The highest BCUT2D eigenvalue weighted by atomic mass is 79.9. The molecule has 0 aliphatic rings. The molecule has 0 unspecified atom stereocenters. The van der Waals surface area contributed by atoms with Crippen molar-refractivity contribution in [1.29, 1.82) is 0 Å². The van der Waals surface area contributed by atoms with Crippen LogP contribution in [0.4, 0.5) is 5.69 Å². The summed E-state index contributed by atoms with van der Waals surface area (Å²) in [5.41, 5.74) is 3.06. The van der Waals surface area contributed by atoms with E-state index < -0.39 is 0 Å². The molecule has 0 fully saturated rings. The first-order valence-corrected chi connectivity index (χ1v) is 7.94. The molecule has 1 N–H and O–H groups in total. The summed E-state index contributed by atoms with van der Waals surface area (Å²) < 4.78 is 6.20. The predicted molar refractivity (Wildman–Crippen MR) is 94.2 cm³/mol. The van der Waals surface area contributed by atoms with Crippen LogP contribution < -0.4 is 10.1 Å². The molecule has 120 valence electrons. The van der Waals surface area contributed by atoms with Gasteiger partial charge in [0.25, 0.3) is 0 Å². The molecule has 0 atom stereocenters. The Morgan fingerprint density at radius 2 is 1.91 bits per heavy atom. The van der Waals surface area contributed by atoms with Gasteiger partial charge < -0.3 is 10.1 Å². The number of ether oxygens (including phenoxy) is 1. The Balaban J connectivity index is 2.17. The summed E-state index contributed by atoms with van der Waals surface area (Å²) in [7, 11) is 1.54. The highest BCUT2D eigenvalue weighted by Crippen LogP contribution is 2.23. The number of ketones is 1. The number of methoxy groups -OCH3 is 1. The van der Waals surface area contributed by atoms with Crippen molar-refractivity contribution < 1.29 is 14.3 Å². The number of halogens is 1. The maximum Gasteiger partial charge on any atom is 0.228 e. The van der Waals surface area contributed by atoms with Crippen molar-refractivity contribution in [3.05, 3.63) is 57.6 Å². The molecular formula is C18H18BrNO3. The molecule has 2 aromatic rings. The van der Waals surface area contributed by atoms with Gasteiger partial charge >= 0.3 is 0 Å². The summed E-state index contributed by atoms with van der Waals surface area (Å²) in [4.78, 5) is 23.8. The average molecular weight is 376 g/mol. The Kier molecular flexibility index (Phi) is 5.55. The second-order valence-corrected chi connectivity index (χ2v) is 6.13. The molecule has 0 aromatic heterocycles. The maximum absolute atomic E-state index is 12.3. The van der Waals surface area contributed by atoms with Crippen molar-refractivity contribution in [1.82, 2.24) is 0 Å².